The highest BCUT2D eigenvalue weighted by Gasteiger charge is 2.70. The van der Waals surface area contributed by atoms with Gasteiger partial charge in [0.2, 0.25) is 6.31 Å². The zero-order valence-electron chi connectivity index (χ0n) is 53.5. The van der Waals surface area contributed by atoms with Gasteiger partial charge in [0.25, 0.3) is 0 Å². The Labute approximate surface area is 485 Å². The maximum absolute atomic E-state index is 17.9. The Bertz CT molecular complexity index is 2720. The summed E-state index contributed by atoms with van der Waals surface area (Å²) in [5.41, 5.74) is 0.729. The van der Waals surface area contributed by atoms with Crippen molar-refractivity contribution in [3.63, 3.8) is 0 Å². The molecule has 4 aromatic carbocycles. The zero-order valence-corrected chi connectivity index (χ0v) is 64.3. The van der Waals surface area contributed by atoms with Crippen LogP contribution >= 0.6 is 11.1 Å². The fraction of sp³-hybridized carbons (Fsp3) is 0.579. The highest BCUT2D eigenvalue weighted by molar-refractivity contribution is 7.68. The van der Waals surface area contributed by atoms with Crippen molar-refractivity contribution in [2.45, 2.75) is 210 Å². The zero-order chi connectivity index (χ0) is 62.5. The van der Waals surface area contributed by atoms with Gasteiger partial charge in [-0.1, -0.05) is 218 Å². The normalized spacial score (nSPS) is 15.3. The van der Waals surface area contributed by atoms with Crippen LogP contribution in [0.1, 0.15) is 33.4 Å². The topological polar surface area (TPSA) is 0 Å². The fourth-order valence-corrected chi connectivity index (χ4v) is 118. The van der Waals surface area contributed by atoms with Gasteiger partial charge in [0.15, 0.2) is 65.4 Å². The second kappa shape index (κ2) is 21.3. The summed E-state index contributed by atoms with van der Waals surface area (Å²) in [6.45, 7) is 69.2. The lowest BCUT2D eigenvalue weighted by Gasteiger charge is -2.65. The summed E-state index contributed by atoms with van der Waals surface area (Å²) in [5.74, 6) is -24.7. The first kappa shape index (κ1) is 70.2. The van der Waals surface area contributed by atoms with Crippen molar-refractivity contribution in [3.8, 4) is 0 Å². The largest absolute Gasteiger partial charge is 0.247 e. The maximum Gasteiger partial charge on any atom is 0.247 e. The van der Waals surface area contributed by atoms with Crippen LogP contribution in [0.5, 0.6) is 0 Å². The van der Waals surface area contributed by atoms with Crippen molar-refractivity contribution in [1.29, 1.82) is 0 Å². The molecule has 0 aliphatic carbocycles. The van der Waals surface area contributed by atoms with Crippen molar-refractivity contribution in [2.24, 2.45) is 0 Å². The van der Waals surface area contributed by atoms with Crippen LogP contribution in [0.25, 0.3) is 0 Å². The van der Waals surface area contributed by atoms with Gasteiger partial charge in [-0.15, -0.1) is 0 Å². The predicted octanol–water partition coefficient (Wildman–Crippen LogP) is 17.3. The number of halogens is 11. The Balaban J connectivity index is 3.15. The van der Waals surface area contributed by atoms with Gasteiger partial charge in [0, 0.05) is 83.6 Å². The van der Waals surface area contributed by atoms with Gasteiger partial charge in [0.1, 0.15) is 0 Å². The molecule has 0 radical (unpaired) electrons. The van der Waals surface area contributed by atoms with Gasteiger partial charge in [-0.3, -0.25) is 0 Å². The van der Waals surface area contributed by atoms with Gasteiger partial charge in [-0.05, 0) is 60.7 Å². The molecule has 1 atom stereocenters. The molecule has 0 amide bonds. The van der Waals surface area contributed by atoms with Crippen LogP contribution in [-0.2, 0) is 12.9 Å². The smallest absolute Gasteiger partial charge is 0.204 e. The second-order valence-electron chi connectivity index (χ2n) is 32.3. The third kappa shape index (κ3) is 10.3. The minimum atomic E-state index is -5.71. The second-order valence-corrected chi connectivity index (χ2v) is 88.9. The molecule has 0 saturated heterocycles. The van der Waals surface area contributed by atoms with Crippen molar-refractivity contribution >= 4 is 119 Å². The molecule has 4 aromatic rings. The van der Waals surface area contributed by atoms with Crippen LogP contribution in [0.15, 0.2) is 24.3 Å². The third-order valence-electron chi connectivity index (χ3n) is 18.4. The van der Waals surface area contributed by atoms with E-state index in [2.05, 4.69) is 189 Å². The van der Waals surface area contributed by atoms with Crippen LogP contribution in [0, 0.1) is 78.9 Å². The molecule has 0 fully saturated rings. The molecule has 0 bridgehead atoms. The molecule has 0 N–H and O–H groups in total. The van der Waals surface area contributed by atoms with Gasteiger partial charge in [0.05, 0.1) is 0 Å². The minimum absolute atomic E-state index is 0.158. The van der Waals surface area contributed by atoms with Crippen LogP contribution in [0.3, 0.4) is 0 Å². The summed E-state index contributed by atoms with van der Waals surface area (Å²) in [6, 6.07) is 8.27. The van der Waals surface area contributed by atoms with Crippen LogP contribution in [0.4, 0.5) is 43.9 Å². The summed E-state index contributed by atoms with van der Waals surface area (Å²) in [5, 5.41) is 0.534. The quantitative estimate of drug-likeness (QED) is 0.0325. The Morgan fingerprint density at radius 1 is 0.304 bits per heavy atom. The highest BCUT2D eigenvalue weighted by Crippen LogP contribution is 2.58. The lowest BCUT2D eigenvalue weighted by Crippen LogP contribution is -2.84. The number of rotatable bonds is 17. The van der Waals surface area contributed by atoms with Gasteiger partial charge < -0.3 is 0 Å². The molecule has 0 aliphatic heterocycles. The molecule has 22 heteroatoms. The molecule has 442 valence electrons. The van der Waals surface area contributed by atoms with Crippen molar-refractivity contribution in [2.75, 3.05) is 0 Å². The molecular weight excluding hydrogens is 1200 g/mol. The van der Waals surface area contributed by atoms with Gasteiger partial charge in [-0.2, -0.15) is 11.1 Å². The van der Waals surface area contributed by atoms with E-state index in [1.807, 2.05) is 6.92 Å². The van der Waals surface area contributed by atoms with Gasteiger partial charge in [-0.25, -0.2) is 43.9 Å². The number of hydrogen-bond donors (Lipinski definition) is 0. The van der Waals surface area contributed by atoms with Crippen molar-refractivity contribution in [3.05, 3.63) is 116 Å². The molecule has 0 aliphatic rings. The van der Waals surface area contributed by atoms with Crippen LogP contribution in [-0.4, -0.2) is 86.2 Å². The van der Waals surface area contributed by atoms with E-state index in [9.17, 15) is 11.1 Å². The van der Waals surface area contributed by atoms with E-state index in [1.165, 1.54) is 0 Å². The van der Waals surface area contributed by atoms with E-state index in [1.54, 1.807) is 26.0 Å². The molecule has 0 nitrogen and oxygen atoms in total. The summed E-state index contributed by atoms with van der Waals surface area (Å²) < 4.78 is 168. The molecule has 0 saturated carbocycles. The molecule has 0 spiro atoms. The van der Waals surface area contributed by atoms with E-state index in [0.29, 0.717) is 21.9 Å². The molecule has 4 rings (SSSR count). The summed E-state index contributed by atoms with van der Waals surface area (Å²) in [6.07, 6.45) is -2.87. The first-order valence-electron chi connectivity index (χ1n) is 27.8. The van der Waals surface area contributed by atoms with E-state index in [4.69, 9.17) is 0 Å². The van der Waals surface area contributed by atoms with Crippen molar-refractivity contribution < 1.29 is 43.9 Å². The monoisotopic (exact) mass is 1290 g/mol. The van der Waals surface area contributed by atoms with E-state index in [0.717, 1.165) is 16.7 Å². The molecule has 1 unspecified atom stereocenters. The Kier molecular flexibility index (Phi) is 18.9. The Hall–Kier alpha value is -1.30. The first-order valence-corrected chi connectivity index (χ1v) is 62.3. The SMILES string of the molecule is Cc1cc(C)c([Si](Cl)(B(c2c(F)c(F)c(F)c(F)c2F)c2c(F)c(F)c(F)c(F)c2F)c2c(C([Si](C)(C)C)([Si](C)(C)C)[Si](C)(C)C)cc(C([Si](C)(C)C)([Si](C)(C)C)[Si](C)(C)C)cc2C([Si](C)(C)C)([Si](C)(C)C)[Si](C)(C)C)c(C)c1. The lowest BCUT2D eigenvalue weighted by atomic mass is 9.60. The highest BCUT2D eigenvalue weighted by atomic mass is 35.6. The Morgan fingerprint density at radius 3 is 0.709 bits per heavy atom. The van der Waals surface area contributed by atoms with Crippen LogP contribution in [0.2, 0.25) is 177 Å². The van der Waals surface area contributed by atoms with Crippen LogP contribution < -0.4 is 21.3 Å². The van der Waals surface area contributed by atoms with E-state index >= 15 is 43.9 Å². The van der Waals surface area contributed by atoms with E-state index in [-0.39, 0.29) is 9.47 Å². The van der Waals surface area contributed by atoms with Crippen molar-refractivity contribution in [1.82, 2.24) is 0 Å². The first-order chi connectivity index (χ1) is 34.8. The number of hydrogen-bond acceptors (Lipinski definition) is 0. The Morgan fingerprint density at radius 2 is 0.506 bits per heavy atom. The third-order valence-corrected chi connectivity index (χ3v) is 87.5. The average Bonchev–Trinajstić information content (AvgIpc) is 3.18. The molecule has 0 heterocycles. The van der Waals surface area contributed by atoms with Gasteiger partial charge >= 0.3 is 0 Å². The number of aryl methyl sites for hydroxylation is 3. The van der Waals surface area contributed by atoms with E-state index < -0.39 is 164 Å². The maximum atomic E-state index is 17.9. The summed E-state index contributed by atoms with van der Waals surface area (Å²) >= 11 is 9.34. The summed E-state index contributed by atoms with van der Waals surface area (Å²) in [4.78, 5) is 0. The molecule has 0 aromatic heterocycles. The fourth-order valence-electron chi connectivity index (χ4n) is 20.2. The predicted molar refractivity (Wildman–Crippen MR) is 351 cm³/mol. The number of benzene rings is 4. The lowest BCUT2D eigenvalue weighted by molar-refractivity contribution is 0.382. The average molecular weight is 1300 g/mol. The molecule has 79 heavy (non-hydrogen) atoms. The molecular formula is C57H94BClF10Si10. The standard InChI is InChI=1S/C57H94BClF10Si10/c1-35-31-36(2)53(37(3)32-35)79(59,58(41-43(60)47(64)51(68)48(65)44(41)61)42-45(62)49(66)52(69)50(67)46(42)63)54-39(56(73(13,14)15,74(16,17)18)75(19,20)21)33-38(55(70(4,5)6,71(7,8)9)72(10,11)12)34-40(54)57(76(22,23)24,77(25,26)27)78(28,29)30/h31-34H,1-30H3. The summed E-state index contributed by atoms with van der Waals surface area (Å²) in [7, 11) is -30.6. The minimum Gasteiger partial charge on any atom is -0.204 e.